The molecule has 1 aliphatic heterocycles. The molecule has 10 heteroatoms. The van der Waals surface area contributed by atoms with Crippen LogP contribution in [-0.4, -0.2) is 44.6 Å². The molecule has 0 saturated heterocycles. The second kappa shape index (κ2) is 8.80. The lowest BCUT2D eigenvalue weighted by atomic mass is 10.2. The van der Waals surface area contributed by atoms with Crippen molar-refractivity contribution in [2.45, 2.75) is 46.0 Å². The number of tetrazole rings is 1. The van der Waals surface area contributed by atoms with Crippen molar-refractivity contribution in [2.24, 2.45) is 0 Å². The van der Waals surface area contributed by atoms with E-state index in [9.17, 15) is 4.79 Å². The second-order valence-corrected chi connectivity index (χ2v) is 9.72. The molecule has 1 fully saturated rings. The Labute approximate surface area is 188 Å². The highest BCUT2D eigenvalue weighted by molar-refractivity contribution is 8.00. The summed E-state index contributed by atoms with van der Waals surface area (Å²) in [6.07, 6.45) is 2.16. The van der Waals surface area contributed by atoms with E-state index in [1.54, 1.807) is 11.8 Å². The Balaban J connectivity index is 1.36. The van der Waals surface area contributed by atoms with E-state index in [1.807, 2.05) is 54.1 Å². The van der Waals surface area contributed by atoms with Crippen molar-refractivity contribution >= 4 is 35.1 Å². The summed E-state index contributed by atoms with van der Waals surface area (Å²) >= 11 is 2.93. The van der Waals surface area contributed by atoms with Gasteiger partial charge >= 0.3 is 0 Å². The van der Waals surface area contributed by atoms with Gasteiger partial charge in [0.05, 0.1) is 17.0 Å². The standard InChI is InChI=1S/C21H21N5O3S2/c1-13(30-21-23-24-25-26(21)14-7-8-14)20(27)22-16-11-17-18(29-10-9-28-17)12-19(16)31-15-5-3-2-4-6-15/h2-6,11-14H,7-10H2,1H3,(H,22,27). The van der Waals surface area contributed by atoms with Crippen LogP contribution in [0.5, 0.6) is 11.5 Å². The highest BCUT2D eigenvalue weighted by Crippen LogP contribution is 2.43. The number of rotatable bonds is 7. The zero-order chi connectivity index (χ0) is 21.2. The molecule has 160 valence electrons. The van der Waals surface area contributed by atoms with Crippen molar-refractivity contribution in [2.75, 3.05) is 18.5 Å². The molecule has 2 aliphatic rings. The van der Waals surface area contributed by atoms with Gasteiger partial charge in [-0.1, -0.05) is 41.7 Å². The van der Waals surface area contributed by atoms with Crippen LogP contribution in [0.3, 0.4) is 0 Å². The first kappa shape index (κ1) is 20.2. The second-order valence-electron chi connectivity index (χ2n) is 7.29. The molecule has 1 aromatic heterocycles. The molecule has 0 bridgehead atoms. The fourth-order valence-electron chi connectivity index (χ4n) is 3.13. The van der Waals surface area contributed by atoms with Crippen LogP contribution in [0.15, 0.2) is 57.4 Å². The van der Waals surface area contributed by atoms with E-state index in [0.717, 1.165) is 22.6 Å². The number of nitrogens with zero attached hydrogens (tertiary/aromatic N) is 4. The normalized spacial score (nSPS) is 16.0. The van der Waals surface area contributed by atoms with Crippen molar-refractivity contribution in [3.05, 3.63) is 42.5 Å². The number of carbonyl (C=O) groups excluding carboxylic acids is 1. The number of carbonyl (C=O) groups is 1. The molecule has 0 radical (unpaired) electrons. The smallest absolute Gasteiger partial charge is 0.237 e. The average Bonchev–Trinajstić information content (AvgIpc) is 3.53. The number of hydrogen-bond donors (Lipinski definition) is 1. The fourth-order valence-corrected chi connectivity index (χ4v) is 4.92. The Kier molecular flexibility index (Phi) is 5.73. The first-order valence-electron chi connectivity index (χ1n) is 10.1. The van der Waals surface area contributed by atoms with E-state index in [0.29, 0.717) is 41.6 Å². The number of fused-ring (bicyclic) bond motifs is 1. The quantitative estimate of drug-likeness (QED) is 0.534. The topological polar surface area (TPSA) is 91.2 Å². The van der Waals surface area contributed by atoms with E-state index in [1.165, 1.54) is 11.8 Å². The van der Waals surface area contributed by atoms with Crippen molar-refractivity contribution in [3.8, 4) is 11.5 Å². The van der Waals surface area contributed by atoms with Crippen molar-refractivity contribution in [3.63, 3.8) is 0 Å². The zero-order valence-corrected chi connectivity index (χ0v) is 18.5. The van der Waals surface area contributed by atoms with Crippen LogP contribution in [0.4, 0.5) is 5.69 Å². The highest BCUT2D eigenvalue weighted by atomic mass is 32.2. The van der Waals surface area contributed by atoms with Gasteiger partial charge in [0.15, 0.2) is 11.5 Å². The third kappa shape index (κ3) is 4.64. The van der Waals surface area contributed by atoms with E-state index < -0.39 is 0 Å². The Morgan fingerprint density at radius 3 is 2.65 bits per heavy atom. The molecule has 1 N–H and O–H groups in total. The number of thioether (sulfide) groups is 1. The summed E-state index contributed by atoms with van der Waals surface area (Å²) in [5.41, 5.74) is 0.692. The fraction of sp³-hybridized carbons (Fsp3) is 0.333. The summed E-state index contributed by atoms with van der Waals surface area (Å²) in [6.45, 7) is 2.85. The van der Waals surface area contributed by atoms with Crippen LogP contribution in [0, 0.1) is 0 Å². The summed E-state index contributed by atoms with van der Waals surface area (Å²) in [5, 5.41) is 15.3. The van der Waals surface area contributed by atoms with Gasteiger partial charge in [-0.25, -0.2) is 4.68 Å². The molecule has 5 rings (SSSR count). The van der Waals surface area contributed by atoms with Gasteiger partial charge in [0.25, 0.3) is 0 Å². The highest BCUT2D eigenvalue weighted by Gasteiger charge is 2.29. The lowest BCUT2D eigenvalue weighted by molar-refractivity contribution is -0.115. The van der Waals surface area contributed by atoms with Crippen LogP contribution in [0.25, 0.3) is 0 Å². The van der Waals surface area contributed by atoms with Crippen LogP contribution in [-0.2, 0) is 4.79 Å². The Bertz CT molecular complexity index is 1090. The monoisotopic (exact) mass is 455 g/mol. The van der Waals surface area contributed by atoms with E-state index in [2.05, 4.69) is 20.8 Å². The predicted octanol–water partition coefficient (Wildman–Crippen LogP) is 4.05. The van der Waals surface area contributed by atoms with Gasteiger partial charge in [0, 0.05) is 21.9 Å². The molecule has 2 aromatic carbocycles. The Morgan fingerprint density at radius 2 is 1.90 bits per heavy atom. The lowest BCUT2D eigenvalue weighted by Crippen LogP contribution is -2.24. The Morgan fingerprint density at radius 1 is 1.16 bits per heavy atom. The lowest BCUT2D eigenvalue weighted by Gasteiger charge is -2.22. The zero-order valence-electron chi connectivity index (χ0n) is 16.9. The van der Waals surface area contributed by atoms with Crippen molar-refractivity contribution in [1.29, 1.82) is 0 Å². The third-order valence-electron chi connectivity index (χ3n) is 4.88. The molecule has 1 unspecified atom stereocenters. The minimum atomic E-state index is -0.369. The van der Waals surface area contributed by atoms with Crippen LogP contribution in [0.2, 0.25) is 0 Å². The molecule has 31 heavy (non-hydrogen) atoms. The van der Waals surface area contributed by atoms with Gasteiger partial charge < -0.3 is 14.8 Å². The number of aromatic nitrogens is 4. The maximum Gasteiger partial charge on any atom is 0.237 e. The third-order valence-corrected chi connectivity index (χ3v) is 6.99. The van der Waals surface area contributed by atoms with Crippen molar-refractivity contribution in [1.82, 2.24) is 20.2 Å². The SMILES string of the molecule is CC(Sc1nnnn1C1CC1)C(=O)Nc1cc2c(cc1Sc1ccccc1)OCCO2. The van der Waals surface area contributed by atoms with Gasteiger partial charge in [0.2, 0.25) is 11.1 Å². The molecular formula is C21H21N5O3S2. The van der Waals surface area contributed by atoms with Crippen LogP contribution < -0.4 is 14.8 Å². The summed E-state index contributed by atoms with van der Waals surface area (Å²) in [5.74, 6) is 1.20. The van der Waals surface area contributed by atoms with Crippen LogP contribution >= 0.6 is 23.5 Å². The molecule has 1 amide bonds. The number of hydrogen-bond acceptors (Lipinski definition) is 8. The van der Waals surface area contributed by atoms with Gasteiger partial charge in [-0.2, -0.15) is 0 Å². The number of nitrogens with one attached hydrogen (secondary N) is 1. The predicted molar refractivity (Wildman–Crippen MR) is 118 cm³/mol. The van der Waals surface area contributed by atoms with Gasteiger partial charge in [-0.15, -0.1) is 5.10 Å². The van der Waals surface area contributed by atoms with Crippen molar-refractivity contribution < 1.29 is 14.3 Å². The van der Waals surface area contributed by atoms with E-state index >= 15 is 0 Å². The Hall–Kier alpha value is -2.72. The molecule has 8 nitrogen and oxygen atoms in total. The maximum atomic E-state index is 13.0. The van der Waals surface area contributed by atoms with Gasteiger partial charge in [0.1, 0.15) is 13.2 Å². The number of ether oxygens (including phenoxy) is 2. The summed E-state index contributed by atoms with van der Waals surface area (Å²) < 4.78 is 13.3. The van der Waals surface area contributed by atoms with Crippen LogP contribution in [0.1, 0.15) is 25.8 Å². The first-order chi connectivity index (χ1) is 15.2. The molecule has 2 heterocycles. The largest absolute Gasteiger partial charge is 0.486 e. The minimum Gasteiger partial charge on any atom is -0.486 e. The number of benzene rings is 2. The first-order valence-corrected chi connectivity index (χ1v) is 11.8. The maximum absolute atomic E-state index is 13.0. The van der Waals surface area contributed by atoms with E-state index in [-0.39, 0.29) is 11.2 Å². The minimum absolute atomic E-state index is 0.123. The van der Waals surface area contributed by atoms with Gasteiger partial charge in [-0.3, -0.25) is 4.79 Å². The number of amides is 1. The summed E-state index contributed by atoms with van der Waals surface area (Å²) in [6, 6.07) is 14.1. The summed E-state index contributed by atoms with van der Waals surface area (Å²) in [4.78, 5) is 15.0. The van der Waals surface area contributed by atoms with Gasteiger partial charge in [-0.05, 0) is 42.3 Å². The molecule has 3 aromatic rings. The number of anilines is 1. The molecular weight excluding hydrogens is 434 g/mol. The molecule has 1 atom stereocenters. The van der Waals surface area contributed by atoms with E-state index in [4.69, 9.17) is 9.47 Å². The molecule has 1 aliphatic carbocycles. The molecule has 0 spiro atoms. The molecule has 1 saturated carbocycles. The summed E-state index contributed by atoms with van der Waals surface area (Å²) in [7, 11) is 0. The average molecular weight is 456 g/mol.